The average molecular weight is 356 g/mol. The molecule has 1 fully saturated rings. The topological polar surface area (TPSA) is 63.5 Å². The molecule has 25 heavy (non-hydrogen) atoms. The molecule has 3 rings (SSSR count). The number of benzene rings is 2. The van der Waals surface area contributed by atoms with E-state index in [1.165, 1.54) is 17.7 Å². The minimum atomic E-state index is -0.475. The molecule has 6 heteroatoms. The number of nitrogens with zero attached hydrogens (tertiary/aromatic N) is 2. The quantitative estimate of drug-likeness (QED) is 0.593. The number of nitro benzene ring substituents is 1. The van der Waals surface area contributed by atoms with Crippen LogP contribution < -0.4 is 0 Å². The number of nitro groups is 1. The molecule has 0 radical (unpaired) electrons. The number of non-ortho nitro benzene ring substituents is 1. The smallest absolute Gasteiger partial charge is 0.270 e. The zero-order valence-electron chi connectivity index (χ0n) is 14.2. The third kappa shape index (κ3) is 3.69. The minimum Gasteiger partial charge on any atom is -0.322 e. The summed E-state index contributed by atoms with van der Waals surface area (Å²) in [5, 5.41) is 10.9. The molecule has 2 aromatic carbocycles. The van der Waals surface area contributed by atoms with Gasteiger partial charge >= 0.3 is 0 Å². The van der Waals surface area contributed by atoms with Crippen LogP contribution in [0.15, 0.2) is 48.5 Å². The predicted octanol–water partition coefficient (Wildman–Crippen LogP) is 4.61. The zero-order chi connectivity index (χ0) is 18.0. The van der Waals surface area contributed by atoms with Crippen LogP contribution in [0.25, 0.3) is 0 Å². The molecule has 0 saturated carbocycles. The van der Waals surface area contributed by atoms with E-state index in [9.17, 15) is 14.9 Å². The van der Waals surface area contributed by atoms with Crippen molar-refractivity contribution in [2.45, 2.75) is 25.1 Å². The molecular formula is C19H20N2O3S. The molecule has 0 spiro atoms. The number of hydrogen-bond acceptors (Lipinski definition) is 4. The molecular weight excluding hydrogens is 336 g/mol. The summed E-state index contributed by atoms with van der Waals surface area (Å²) in [6.07, 6.45) is 0. The van der Waals surface area contributed by atoms with Gasteiger partial charge < -0.3 is 4.90 Å². The van der Waals surface area contributed by atoms with E-state index < -0.39 is 4.92 Å². The van der Waals surface area contributed by atoms with Gasteiger partial charge in [0.05, 0.1) is 4.92 Å². The molecule has 0 bridgehead atoms. The number of carbonyl (C=O) groups excluding carboxylic acids is 1. The molecule has 1 unspecified atom stereocenters. The maximum absolute atomic E-state index is 12.9. The fourth-order valence-electron chi connectivity index (χ4n) is 2.92. The Bertz CT molecular complexity index is 790. The summed E-state index contributed by atoms with van der Waals surface area (Å²) in [6.45, 7) is 4.94. The van der Waals surface area contributed by atoms with Crippen LogP contribution in [0.3, 0.4) is 0 Å². The van der Waals surface area contributed by atoms with Crippen LogP contribution >= 0.6 is 11.8 Å². The standard InChI is InChI=1S/C19H20N2O3S/c1-13(2)14-6-8-15(9-7-14)19-20(10-11-25-19)18(22)16-4-3-5-17(12-16)21(23)24/h3-9,12-13,19H,10-11H2,1-2H3. The van der Waals surface area contributed by atoms with Crippen molar-refractivity contribution in [2.75, 3.05) is 12.3 Å². The summed E-state index contributed by atoms with van der Waals surface area (Å²) in [5.74, 6) is 1.16. The van der Waals surface area contributed by atoms with Crippen molar-refractivity contribution in [2.24, 2.45) is 0 Å². The Morgan fingerprint density at radius 3 is 2.60 bits per heavy atom. The second-order valence-corrected chi connectivity index (χ2v) is 7.54. The van der Waals surface area contributed by atoms with Gasteiger partial charge in [0, 0.05) is 30.0 Å². The maximum atomic E-state index is 12.9. The van der Waals surface area contributed by atoms with Crippen LogP contribution in [0.5, 0.6) is 0 Å². The summed E-state index contributed by atoms with van der Waals surface area (Å²) >= 11 is 1.72. The van der Waals surface area contributed by atoms with Gasteiger partial charge in [0.1, 0.15) is 5.37 Å². The van der Waals surface area contributed by atoms with Crippen molar-refractivity contribution < 1.29 is 9.72 Å². The van der Waals surface area contributed by atoms with Gasteiger partial charge in [-0.15, -0.1) is 11.8 Å². The summed E-state index contributed by atoms with van der Waals surface area (Å²) in [6, 6.07) is 14.3. The van der Waals surface area contributed by atoms with Crippen LogP contribution in [0, 0.1) is 10.1 Å². The van der Waals surface area contributed by atoms with E-state index in [0.29, 0.717) is 18.0 Å². The molecule has 130 valence electrons. The number of hydrogen-bond donors (Lipinski definition) is 0. The van der Waals surface area contributed by atoms with Crippen molar-refractivity contribution in [3.63, 3.8) is 0 Å². The van der Waals surface area contributed by atoms with Gasteiger partial charge in [0.15, 0.2) is 0 Å². The van der Waals surface area contributed by atoms with Crippen LogP contribution in [-0.4, -0.2) is 28.0 Å². The van der Waals surface area contributed by atoms with Gasteiger partial charge in [-0.05, 0) is 23.1 Å². The van der Waals surface area contributed by atoms with E-state index in [4.69, 9.17) is 0 Å². The van der Waals surface area contributed by atoms with Crippen molar-refractivity contribution in [3.8, 4) is 0 Å². The lowest BCUT2D eigenvalue weighted by Gasteiger charge is -2.24. The van der Waals surface area contributed by atoms with Crippen LogP contribution in [-0.2, 0) is 0 Å². The second kappa shape index (κ2) is 7.27. The Hall–Kier alpha value is -2.34. The summed E-state index contributed by atoms with van der Waals surface area (Å²) in [4.78, 5) is 25.1. The highest BCUT2D eigenvalue weighted by Crippen LogP contribution is 2.39. The Labute approximate surface area is 151 Å². The Morgan fingerprint density at radius 2 is 1.96 bits per heavy atom. The molecule has 1 amide bonds. The first-order valence-corrected chi connectivity index (χ1v) is 9.29. The zero-order valence-corrected chi connectivity index (χ0v) is 15.0. The van der Waals surface area contributed by atoms with Gasteiger partial charge in [0.25, 0.3) is 11.6 Å². The first kappa shape index (κ1) is 17.5. The lowest BCUT2D eigenvalue weighted by Crippen LogP contribution is -2.30. The van der Waals surface area contributed by atoms with Crippen molar-refractivity contribution in [3.05, 3.63) is 75.3 Å². The van der Waals surface area contributed by atoms with Gasteiger partial charge in [0.2, 0.25) is 0 Å². The fourth-order valence-corrected chi connectivity index (χ4v) is 4.17. The van der Waals surface area contributed by atoms with E-state index in [1.807, 2.05) is 0 Å². The van der Waals surface area contributed by atoms with E-state index in [2.05, 4.69) is 38.1 Å². The molecule has 0 aromatic heterocycles. The third-order valence-corrected chi connectivity index (χ3v) is 5.60. The Morgan fingerprint density at radius 1 is 1.24 bits per heavy atom. The largest absolute Gasteiger partial charge is 0.322 e. The molecule has 1 saturated heterocycles. The first-order chi connectivity index (χ1) is 12.0. The third-order valence-electron chi connectivity index (χ3n) is 4.34. The number of carbonyl (C=O) groups is 1. The first-order valence-electron chi connectivity index (χ1n) is 8.24. The fraction of sp³-hybridized carbons (Fsp3) is 0.316. The summed E-state index contributed by atoms with van der Waals surface area (Å²) in [5.41, 5.74) is 2.66. The van der Waals surface area contributed by atoms with Crippen LogP contribution in [0.2, 0.25) is 0 Å². The molecule has 1 aliphatic heterocycles. The highest BCUT2D eigenvalue weighted by molar-refractivity contribution is 7.99. The van der Waals surface area contributed by atoms with Gasteiger partial charge in [-0.25, -0.2) is 0 Å². The second-order valence-electron chi connectivity index (χ2n) is 6.35. The highest BCUT2D eigenvalue weighted by atomic mass is 32.2. The van der Waals surface area contributed by atoms with E-state index in [0.717, 1.165) is 11.3 Å². The van der Waals surface area contributed by atoms with E-state index in [1.54, 1.807) is 28.8 Å². The van der Waals surface area contributed by atoms with Gasteiger partial charge in [-0.2, -0.15) is 0 Å². The van der Waals surface area contributed by atoms with E-state index in [-0.39, 0.29) is 17.0 Å². The van der Waals surface area contributed by atoms with Crippen molar-refractivity contribution >= 4 is 23.4 Å². The predicted molar refractivity (Wildman–Crippen MR) is 99.9 cm³/mol. The van der Waals surface area contributed by atoms with Gasteiger partial charge in [-0.1, -0.05) is 44.2 Å². The monoisotopic (exact) mass is 356 g/mol. The lowest BCUT2D eigenvalue weighted by molar-refractivity contribution is -0.384. The SMILES string of the molecule is CC(C)c1ccc(C2SCCN2C(=O)c2cccc([N+](=O)[O-])c2)cc1. The van der Waals surface area contributed by atoms with Crippen molar-refractivity contribution in [1.29, 1.82) is 0 Å². The lowest BCUT2D eigenvalue weighted by atomic mass is 10.0. The molecule has 0 aliphatic carbocycles. The number of rotatable bonds is 4. The highest BCUT2D eigenvalue weighted by Gasteiger charge is 2.31. The van der Waals surface area contributed by atoms with Crippen LogP contribution in [0.1, 0.15) is 46.6 Å². The summed E-state index contributed by atoms with van der Waals surface area (Å²) in [7, 11) is 0. The summed E-state index contributed by atoms with van der Waals surface area (Å²) < 4.78 is 0. The molecule has 1 heterocycles. The van der Waals surface area contributed by atoms with Gasteiger partial charge in [-0.3, -0.25) is 14.9 Å². The molecule has 0 N–H and O–H groups in total. The molecule has 5 nitrogen and oxygen atoms in total. The molecule has 2 aromatic rings. The Kier molecular flexibility index (Phi) is 5.08. The number of amides is 1. The molecule has 1 atom stereocenters. The minimum absolute atomic E-state index is 0.0482. The maximum Gasteiger partial charge on any atom is 0.270 e. The van der Waals surface area contributed by atoms with E-state index >= 15 is 0 Å². The number of thioether (sulfide) groups is 1. The molecule has 1 aliphatic rings. The van der Waals surface area contributed by atoms with Crippen LogP contribution in [0.4, 0.5) is 5.69 Å². The Balaban J connectivity index is 1.84. The van der Waals surface area contributed by atoms with Crippen molar-refractivity contribution in [1.82, 2.24) is 4.90 Å². The normalized spacial score (nSPS) is 17.1. The average Bonchev–Trinajstić information content (AvgIpc) is 3.11.